The van der Waals surface area contributed by atoms with Gasteiger partial charge in [-0.05, 0) is 42.7 Å². The van der Waals surface area contributed by atoms with Gasteiger partial charge in [0.2, 0.25) is 0 Å². The number of rotatable bonds is 6. The average Bonchev–Trinajstić information content (AvgIpc) is 2.66. The van der Waals surface area contributed by atoms with Crippen LogP contribution in [-0.2, 0) is 16.1 Å². The number of hydrogen-bond donors (Lipinski definition) is 1. The molecule has 0 radical (unpaired) electrons. The number of allylic oxidation sites excluding steroid dienone is 2. The molecule has 1 atom stereocenters. The Morgan fingerprint density at radius 3 is 2.52 bits per heavy atom. The Morgan fingerprint density at radius 2 is 1.93 bits per heavy atom. The van der Waals surface area contributed by atoms with Gasteiger partial charge < -0.3 is 19.6 Å². The van der Waals surface area contributed by atoms with E-state index in [1.165, 1.54) is 0 Å². The van der Waals surface area contributed by atoms with Gasteiger partial charge in [0.1, 0.15) is 5.82 Å². The van der Waals surface area contributed by atoms with Crippen LogP contribution in [0.4, 0.5) is 0 Å². The predicted molar refractivity (Wildman–Crippen MR) is 107 cm³/mol. The molecule has 2 heterocycles. The van der Waals surface area contributed by atoms with Gasteiger partial charge in [-0.25, -0.2) is 4.79 Å². The first-order chi connectivity index (χ1) is 13.0. The molecule has 0 spiro atoms. The highest BCUT2D eigenvalue weighted by Gasteiger charge is 2.35. The molecule has 1 aromatic rings. The lowest BCUT2D eigenvalue weighted by molar-refractivity contribution is -0.133. The minimum Gasteiger partial charge on any atom is -0.478 e. The molecule has 0 aromatic heterocycles. The number of hydrogen-bond acceptors (Lipinski definition) is 4. The summed E-state index contributed by atoms with van der Waals surface area (Å²) in [7, 11) is 0. The number of carboxylic acid groups (broad SMARTS) is 1. The molecular weight excluding hydrogens is 364 g/mol. The summed E-state index contributed by atoms with van der Waals surface area (Å²) in [6.45, 7) is 7.68. The van der Waals surface area contributed by atoms with Gasteiger partial charge in [-0.2, -0.15) is 0 Å². The second kappa shape index (κ2) is 8.81. The van der Waals surface area contributed by atoms with Crippen LogP contribution in [0.5, 0.6) is 0 Å². The lowest BCUT2D eigenvalue weighted by atomic mass is 9.92. The number of nitrogens with zero attached hydrogens (tertiary/aromatic N) is 2. The minimum atomic E-state index is -0.829. The van der Waals surface area contributed by atoms with Crippen molar-refractivity contribution in [3.05, 3.63) is 57.9 Å². The molecule has 1 N–H and O–H groups in total. The van der Waals surface area contributed by atoms with E-state index in [0.717, 1.165) is 42.9 Å². The van der Waals surface area contributed by atoms with Gasteiger partial charge in [0.05, 0.1) is 24.8 Å². The van der Waals surface area contributed by atoms with Crippen molar-refractivity contribution < 1.29 is 14.6 Å². The van der Waals surface area contributed by atoms with E-state index in [2.05, 4.69) is 16.7 Å². The van der Waals surface area contributed by atoms with E-state index in [1.807, 2.05) is 37.3 Å². The summed E-state index contributed by atoms with van der Waals surface area (Å²) >= 11 is 6.03. The van der Waals surface area contributed by atoms with Crippen LogP contribution < -0.4 is 0 Å². The Balaban J connectivity index is 2.00. The standard InChI is InChI=1S/C21H27ClN2O3/c1-3-4-18-20(21(25)26)15(2)13-19(23-9-11-27-12-10-23)24(18)14-16-5-7-17(22)8-6-16/h5-8,13,18H,3-4,9-12,14H2,1-2H3,(H,25,26). The summed E-state index contributed by atoms with van der Waals surface area (Å²) in [5, 5.41) is 10.6. The van der Waals surface area contributed by atoms with Gasteiger partial charge in [-0.15, -0.1) is 0 Å². The Hall–Kier alpha value is -1.98. The molecule has 0 amide bonds. The number of benzene rings is 1. The number of ether oxygens (including phenoxy) is 1. The molecule has 1 aromatic carbocycles. The van der Waals surface area contributed by atoms with Crippen molar-refractivity contribution in [3.63, 3.8) is 0 Å². The quantitative estimate of drug-likeness (QED) is 0.798. The fourth-order valence-corrected chi connectivity index (χ4v) is 3.99. The Kier molecular flexibility index (Phi) is 6.45. The third-order valence-corrected chi connectivity index (χ3v) is 5.42. The van der Waals surface area contributed by atoms with Crippen LogP contribution in [0.3, 0.4) is 0 Å². The monoisotopic (exact) mass is 390 g/mol. The van der Waals surface area contributed by atoms with E-state index in [0.29, 0.717) is 30.4 Å². The summed E-state index contributed by atoms with van der Waals surface area (Å²) in [6, 6.07) is 7.63. The SMILES string of the molecule is CCCC1C(C(=O)O)=C(C)C=C(N2CCOCC2)N1Cc1ccc(Cl)cc1. The van der Waals surface area contributed by atoms with Crippen molar-refractivity contribution >= 4 is 17.6 Å². The van der Waals surface area contributed by atoms with Crippen molar-refractivity contribution in [2.75, 3.05) is 26.3 Å². The van der Waals surface area contributed by atoms with Crippen LogP contribution in [-0.4, -0.2) is 53.2 Å². The molecule has 146 valence electrons. The average molecular weight is 391 g/mol. The first-order valence-corrected chi connectivity index (χ1v) is 9.88. The molecule has 3 rings (SSSR count). The third-order valence-electron chi connectivity index (χ3n) is 5.17. The molecule has 0 saturated carbocycles. The minimum absolute atomic E-state index is 0.147. The highest BCUT2D eigenvalue weighted by atomic mass is 35.5. The summed E-state index contributed by atoms with van der Waals surface area (Å²) < 4.78 is 5.51. The van der Waals surface area contributed by atoms with Gasteiger partial charge in [0, 0.05) is 24.7 Å². The van der Waals surface area contributed by atoms with Crippen LogP contribution in [0, 0.1) is 0 Å². The summed E-state index contributed by atoms with van der Waals surface area (Å²) in [6.07, 6.45) is 3.74. The normalized spacial score (nSPS) is 20.7. The fourth-order valence-electron chi connectivity index (χ4n) is 3.86. The van der Waals surface area contributed by atoms with Crippen LogP contribution in [0.2, 0.25) is 5.02 Å². The van der Waals surface area contributed by atoms with Crippen molar-refractivity contribution in [2.45, 2.75) is 39.3 Å². The first-order valence-electron chi connectivity index (χ1n) is 9.50. The van der Waals surface area contributed by atoms with Gasteiger partial charge >= 0.3 is 5.97 Å². The largest absolute Gasteiger partial charge is 0.478 e. The van der Waals surface area contributed by atoms with E-state index >= 15 is 0 Å². The molecule has 0 bridgehead atoms. The van der Waals surface area contributed by atoms with Gasteiger partial charge in [0.25, 0.3) is 0 Å². The van der Waals surface area contributed by atoms with E-state index in [-0.39, 0.29) is 6.04 Å². The van der Waals surface area contributed by atoms with Crippen LogP contribution >= 0.6 is 11.6 Å². The maximum absolute atomic E-state index is 12.0. The summed E-state index contributed by atoms with van der Waals surface area (Å²) in [5.41, 5.74) is 2.46. The number of carboxylic acids is 1. The van der Waals surface area contributed by atoms with Crippen LogP contribution in [0.15, 0.2) is 47.3 Å². The second-order valence-corrected chi connectivity index (χ2v) is 7.50. The smallest absolute Gasteiger partial charge is 0.333 e. The van der Waals surface area contributed by atoms with Crippen molar-refractivity contribution in [3.8, 4) is 0 Å². The molecule has 1 saturated heterocycles. The molecule has 5 nitrogen and oxygen atoms in total. The van der Waals surface area contributed by atoms with Crippen molar-refractivity contribution in [1.82, 2.24) is 9.80 Å². The zero-order valence-corrected chi connectivity index (χ0v) is 16.7. The zero-order chi connectivity index (χ0) is 19.4. The first kappa shape index (κ1) is 19.8. The molecular formula is C21H27ClN2O3. The number of carbonyl (C=O) groups is 1. The maximum atomic E-state index is 12.0. The lowest BCUT2D eigenvalue weighted by Gasteiger charge is -2.45. The van der Waals surface area contributed by atoms with Crippen molar-refractivity contribution in [1.29, 1.82) is 0 Å². The lowest BCUT2D eigenvalue weighted by Crippen LogP contribution is -2.48. The molecule has 27 heavy (non-hydrogen) atoms. The van der Waals surface area contributed by atoms with E-state index in [4.69, 9.17) is 16.3 Å². The van der Waals surface area contributed by atoms with Crippen molar-refractivity contribution in [2.24, 2.45) is 0 Å². The molecule has 0 aliphatic carbocycles. The van der Waals surface area contributed by atoms with Crippen LogP contribution in [0.1, 0.15) is 32.3 Å². The highest BCUT2D eigenvalue weighted by molar-refractivity contribution is 6.30. The Bertz CT molecular complexity index is 736. The Labute approximate surface area is 165 Å². The third kappa shape index (κ3) is 4.47. The van der Waals surface area contributed by atoms with Gasteiger partial charge in [-0.1, -0.05) is 37.1 Å². The topological polar surface area (TPSA) is 53.0 Å². The summed E-state index contributed by atoms with van der Waals surface area (Å²) in [5.74, 6) is 0.263. The van der Waals surface area contributed by atoms with Gasteiger partial charge in [0.15, 0.2) is 0 Å². The second-order valence-electron chi connectivity index (χ2n) is 7.06. The number of aliphatic carboxylic acids is 1. The number of halogens is 1. The molecule has 2 aliphatic rings. The van der Waals surface area contributed by atoms with E-state index < -0.39 is 5.97 Å². The number of morpholine rings is 1. The maximum Gasteiger partial charge on any atom is 0.333 e. The van der Waals surface area contributed by atoms with Crippen LogP contribution in [0.25, 0.3) is 0 Å². The molecule has 1 unspecified atom stereocenters. The molecule has 1 fully saturated rings. The highest BCUT2D eigenvalue weighted by Crippen LogP contribution is 2.33. The molecule has 2 aliphatic heterocycles. The predicted octanol–water partition coefficient (Wildman–Crippen LogP) is 3.90. The fraction of sp³-hybridized carbons (Fsp3) is 0.476. The zero-order valence-electron chi connectivity index (χ0n) is 15.9. The van der Waals surface area contributed by atoms with E-state index in [9.17, 15) is 9.90 Å². The Morgan fingerprint density at radius 1 is 1.26 bits per heavy atom. The molecule has 6 heteroatoms. The van der Waals surface area contributed by atoms with Gasteiger partial charge in [-0.3, -0.25) is 0 Å². The van der Waals surface area contributed by atoms with E-state index in [1.54, 1.807) is 0 Å². The summed E-state index contributed by atoms with van der Waals surface area (Å²) in [4.78, 5) is 16.6.